The summed E-state index contributed by atoms with van der Waals surface area (Å²) in [7, 11) is 0. The third-order valence-electron chi connectivity index (χ3n) is 13.6. The number of carboxylic acids is 6. The van der Waals surface area contributed by atoms with Crippen molar-refractivity contribution in [2.45, 2.75) is 82.5 Å². The minimum absolute atomic E-state index is 0. The fraction of sp³-hybridized carbons (Fsp3) is 0.577. The van der Waals surface area contributed by atoms with Gasteiger partial charge in [-0.15, -0.1) is 0 Å². The number of amides is 4. The molecule has 0 bridgehead atoms. The first kappa shape index (κ1) is 72.6. The molecule has 1 fully saturated rings. The molecular formula is C52H71GaN10O21. The Labute approximate surface area is 494 Å². The second kappa shape index (κ2) is 37.7. The maximum Gasteiger partial charge on any atom is 3.00 e. The monoisotopic (exact) mass is 1240 g/mol. The Morgan fingerprint density at radius 1 is 0.607 bits per heavy atom. The number of carboxylic acid groups (broad SMARTS) is 6. The van der Waals surface area contributed by atoms with Crippen LogP contribution in [0.25, 0.3) is 0 Å². The first-order valence-electron chi connectivity index (χ1n) is 26.4. The van der Waals surface area contributed by atoms with Crippen molar-refractivity contribution in [3.05, 3.63) is 54.1 Å². The number of aliphatic hydroxyl groups is 2. The van der Waals surface area contributed by atoms with Gasteiger partial charge in [0.2, 0.25) is 23.6 Å². The quantitative estimate of drug-likeness (QED) is 0.0283. The van der Waals surface area contributed by atoms with Gasteiger partial charge in [-0.1, -0.05) is 30.3 Å². The summed E-state index contributed by atoms with van der Waals surface area (Å²) in [5.74, 6) is -19.2. The number of nitrogens with zero attached hydrogens (tertiary/aromatic N) is 5. The number of aromatic amines is 1. The molecule has 1 aliphatic rings. The zero-order valence-corrected chi connectivity index (χ0v) is 48.6. The van der Waals surface area contributed by atoms with Crippen LogP contribution in [0.1, 0.15) is 56.7 Å². The number of rotatable bonds is 36. The molecule has 4 amide bonds. The van der Waals surface area contributed by atoms with E-state index in [1.165, 1.54) is 39.0 Å². The van der Waals surface area contributed by atoms with Gasteiger partial charge in [0.05, 0.1) is 68.3 Å². The van der Waals surface area contributed by atoms with Crippen LogP contribution in [0, 0.1) is 17.8 Å². The van der Waals surface area contributed by atoms with Gasteiger partial charge in [-0.05, 0) is 25.3 Å². The second-order valence-electron chi connectivity index (χ2n) is 19.9. The molecule has 1 saturated heterocycles. The van der Waals surface area contributed by atoms with E-state index in [1.807, 2.05) is 0 Å². The van der Waals surface area contributed by atoms with Gasteiger partial charge in [0, 0.05) is 122 Å². The Morgan fingerprint density at radius 2 is 1.10 bits per heavy atom. The van der Waals surface area contributed by atoms with E-state index in [1.54, 1.807) is 30.3 Å². The van der Waals surface area contributed by atoms with Crippen molar-refractivity contribution in [1.82, 2.24) is 50.8 Å². The molecule has 84 heavy (non-hydrogen) atoms. The maximum absolute atomic E-state index is 13.9. The molecule has 1 aromatic heterocycles. The fourth-order valence-electron chi connectivity index (χ4n) is 9.00. The van der Waals surface area contributed by atoms with Crippen molar-refractivity contribution >= 4 is 96.6 Å². The van der Waals surface area contributed by atoms with E-state index in [9.17, 15) is 103 Å². The van der Waals surface area contributed by atoms with E-state index in [0.717, 1.165) is 0 Å². The van der Waals surface area contributed by atoms with Crippen LogP contribution in [-0.2, 0) is 75.2 Å². The van der Waals surface area contributed by atoms with E-state index < -0.39 is 190 Å². The molecule has 32 heteroatoms. The number of imidazole rings is 1. The number of nitrogens with one attached hydrogen (secondary N) is 5. The van der Waals surface area contributed by atoms with E-state index in [4.69, 9.17) is 0 Å². The topological polar surface area (TPSA) is 482 Å². The molecule has 1 aromatic carbocycles. The van der Waals surface area contributed by atoms with Crippen molar-refractivity contribution in [3.8, 4) is 0 Å². The largest absolute Gasteiger partial charge is 3.00 e. The Kier molecular flexibility index (Phi) is 32.6. The smallest absolute Gasteiger partial charge is 0.549 e. The van der Waals surface area contributed by atoms with Crippen LogP contribution in [0.2, 0.25) is 0 Å². The standard InChI is InChI=1S/C52H74N10O21.Ga/c1-31(41(66)20-34(18-36-23-53-30-55-36)50(79)57-38(28-63)42(67)21-33(17-32-5-3-2-4-6-32)49(78)58-39(29-64)51(80)81)56-48(77)35(22-44(69)70)19-37(65)24-54-43(68)8-7-40(52(82)83)62-15-13-60(26-46(73)74)11-9-59(25-45(71)72)10-12-61(14-16-62)27-47(75)76;/h2-6,23,30-31,33-35,38-40,63-64H,7-22,24-29H2,1H3,(H,53,55)(H,54,68)(H,56,77)(H,57,79)(H,58,78)(H,69,70)(H,71,72)(H,73,74)(H,75,76)(H,80,81)(H,82,83);/q;+3/p-3/t31-,33+,34+,35-,38-,39-,40?;/m0./s1. The number of aromatic nitrogens is 2. The molecule has 2 heterocycles. The molecule has 7 atom stereocenters. The van der Waals surface area contributed by atoms with Gasteiger partial charge < -0.3 is 81.5 Å². The average Bonchev–Trinajstić information content (AvgIpc) is 3.89. The molecule has 458 valence electrons. The van der Waals surface area contributed by atoms with Crippen molar-refractivity contribution in [2.24, 2.45) is 17.8 Å². The Balaban J connectivity index is 0.0000241. The van der Waals surface area contributed by atoms with E-state index >= 15 is 0 Å². The van der Waals surface area contributed by atoms with Crippen molar-refractivity contribution in [1.29, 1.82) is 0 Å². The number of ketones is 3. The van der Waals surface area contributed by atoms with Crippen LogP contribution in [0.4, 0.5) is 0 Å². The molecule has 1 aliphatic heterocycles. The summed E-state index contributed by atoms with van der Waals surface area (Å²) >= 11 is 0. The van der Waals surface area contributed by atoms with Gasteiger partial charge in [-0.25, -0.2) is 9.78 Å². The van der Waals surface area contributed by atoms with E-state index in [-0.39, 0.29) is 91.4 Å². The Morgan fingerprint density at radius 3 is 1.56 bits per heavy atom. The molecule has 31 nitrogen and oxygen atoms in total. The van der Waals surface area contributed by atoms with Gasteiger partial charge in [0.15, 0.2) is 17.3 Å². The number of aliphatic hydroxyl groups excluding tert-OH is 2. The number of H-pyrrole nitrogens is 1. The van der Waals surface area contributed by atoms with Crippen molar-refractivity contribution in [3.63, 3.8) is 0 Å². The number of hydrogen-bond donors (Lipinski definition) is 10. The number of Topliss-reactive ketones (excluding diaryl/α,β-unsaturated/α-hetero) is 3. The maximum atomic E-state index is 13.9. The normalized spacial score (nSPS) is 16.4. The minimum Gasteiger partial charge on any atom is -0.549 e. The molecule has 0 saturated carbocycles. The number of carbonyl (C=O) groups excluding carboxylic acids is 10. The zero-order chi connectivity index (χ0) is 61.8. The summed E-state index contributed by atoms with van der Waals surface area (Å²) in [4.78, 5) is 177. The van der Waals surface area contributed by atoms with Crippen molar-refractivity contribution in [2.75, 3.05) is 91.8 Å². The number of carbonyl (C=O) groups is 13. The SMILES string of the molecule is C[C@H](NC(=O)[C@H](CC(=O)O)CC(=O)CNC(=O)CCC(C(=O)O)N1CCN(CC(=O)[O-])CCN(CC(=O)[O-])CCN(CC(=O)[O-])CC1)C(=O)C[C@@H](Cc1cnc[nH]1)C(=O)N[C@@H](CO)C(=O)C[C@@H](Cc1ccccc1)C(=O)N[C@@H](CO)C(=O)O.[Ga+3]. The van der Waals surface area contributed by atoms with Crippen molar-refractivity contribution < 1.29 is 103 Å². The average molecular weight is 1240 g/mol. The third kappa shape index (κ3) is 27.3. The van der Waals surface area contributed by atoms with Gasteiger partial charge in [-0.2, -0.15) is 0 Å². The summed E-state index contributed by atoms with van der Waals surface area (Å²) in [6, 6.07) is 2.13. The van der Waals surface area contributed by atoms with Crippen LogP contribution < -0.4 is 36.6 Å². The molecule has 0 radical (unpaired) electrons. The zero-order valence-electron chi connectivity index (χ0n) is 46.2. The van der Waals surface area contributed by atoms with E-state index in [0.29, 0.717) is 11.3 Å². The van der Waals surface area contributed by atoms with Gasteiger partial charge in [-0.3, -0.25) is 62.8 Å². The summed E-state index contributed by atoms with van der Waals surface area (Å²) in [5, 5.41) is 92.8. The van der Waals surface area contributed by atoms with Crippen LogP contribution in [0.5, 0.6) is 0 Å². The first-order chi connectivity index (χ1) is 39.3. The number of benzene rings is 1. The number of hydrogen-bond acceptors (Lipinski definition) is 23. The first-order valence-corrected chi connectivity index (χ1v) is 26.4. The summed E-state index contributed by atoms with van der Waals surface area (Å²) < 4.78 is 0. The van der Waals surface area contributed by atoms with Crippen LogP contribution >= 0.6 is 0 Å². The van der Waals surface area contributed by atoms with Crippen LogP contribution in [0.3, 0.4) is 0 Å². The van der Waals surface area contributed by atoms with Gasteiger partial charge in [0.25, 0.3) is 0 Å². The van der Waals surface area contributed by atoms with Crippen LogP contribution in [0.15, 0.2) is 42.9 Å². The Hall–Kier alpha value is -7.46. The summed E-state index contributed by atoms with van der Waals surface area (Å²) in [5.41, 5.74) is 0.920. The molecule has 3 rings (SSSR count). The molecule has 1 unspecified atom stereocenters. The Bertz CT molecular complexity index is 2530. The predicted octanol–water partition coefficient (Wildman–Crippen LogP) is -8.62. The molecule has 10 N–H and O–H groups in total. The molecule has 0 spiro atoms. The second-order valence-corrected chi connectivity index (χ2v) is 19.9. The molecule has 0 aliphatic carbocycles. The number of aliphatic carboxylic acids is 6. The third-order valence-corrected chi connectivity index (χ3v) is 13.6. The molecular weight excluding hydrogens is 1170 g/mol. The predicted molar refractivity (Wildman–Crippen MR) is 283 cm³/mol. The summed E-state index contributed by atoms with van der Waals surface area (Å²) in [6.07, 6.45) is -1.47. The fourth-order valence-corrected chi connectivity index (χ4v) is 9.00. The molecule has 2 aromatic rings. The summed E-state index contributed by atoms with van der Waals surface area (Å²) in [6.45, 7) is -3.58. The minimum atomic E-state index is -1.70. The van der Waals surface area contributed by atoms with Crippen LogP contribution in [-0.4, -0.2) is 268 Å². The van der Waals surface area contributed by atoms with E-state index in [2.05, 4.69) is 31.2 Å². The van der Waals surface area contributed by atoms with Gasteiger partial charge in [0.1, 0.15) is 18.1 Å². The van der Waals surface area contributed by atoms with Gasteiger partial charge >= 0.3 is 37.7 Å².